The number of aliphatic hydroxyl groups excluding tert-OH is 1. The van der Waals surface area contributed by atoms with E-state index in [4.69, 9.17) is 4.74 Å². The molecule has 1 fully saturated rings. The second-order valence-corrected chi connectivity index (χ2v) is 6.87. The number of hydrogen-bond donors (Lipinski definition) is 3. The molecule has 0 heterocycles. The van der Waals surface area contributed by atoms with Gasteiger partial charge in [-0.3, -0.25) is 4.99 Å². The van der Waals surface area contributed by atoms with Crippen LogP contribution in [-0.2, 0) is 0 Å². The molecule has 3 atom stereocenters. The van der Waals surface area contributed by atoms with Crippen molar-refractivity contribution in [2.75, 3.05) is 26.7 Å². The third-order valence-electron chi connectivity index (χ3n) is 5.00. The predicted octanol–water partition coefficient (Wildman–Crippen LogP) is 3.52. The van der Waals surface area contributed by atoms with E-state index in [0.717, 1.165) is 50.5 Å². The fraction of sp³-hybridized carbons (Fsp3) is 0.650. The molecule has 5 nitrogen and oxygen atoms in total. The number of nitrogens with one attached hydrogen (secondary N) is 2. The van der Waals surface area contributed by atoms with Gasteiger partial charge in [-0.25, -0.2) is 0 Å². The summed E-state index contributed by atoms with van der Waals surface area (Å²) >= 11 is 0. The van der Waals surface area contributed by atoms with Gasteiger partial charge in [0, 0.05) is 25.6 Å². The summed E-state index contributed by atoms with van der Waals surface area (Å²) in [5.41, 5.74) is 1.32. The van der Waals surface area contributed by atoms with Crippen LogP contribution < -0.4 is 15.4 Å². The van der Waals surface area contributed by atoms with Crippen LogP contribution in [0, 0.1) is 5.92 Å². The van der Waals surface area contributed by atoms with Crippen LogP contribution in [0.25, 0.3) is 0 Å². The smallest absolute Gasteiger partial charge is 0.191 e. The van der Waals surface area contributed by atoms with Crippen LogP contribution in [0.4, 0.5) is 0 Å². The van der Waals surface area contributed by atoms with Crippen molar-refractivity contribution >= 4 is 29.9 Å². The van der Waals surface area contributed by atoms with Gasteiger partial charge in [-0.1, -0.05) is 25.5 Å². The minimum absolute atomic E-state index is 0. The molecular weight excluding hydrogens is 441 g/mol. The summed E-state index contributed by atoms with van der Waals surface area (Å²) in [4.78, 5) is 4.66. The molecule has 148 valence electrons. The average molecular weight is 475 g/mol. The van der Waals surface area contributed by atoms with Crippen LogP contribution in [0.1, 0.15) is 51.0 Å². The van der Waals surface area contributed by atoms with E-state index in [1.807, 2.05) is 12.1 Å². The maximum absolute atomic E-state index is 9.93. The fourth-order valence-electron chi connectivity index (χ4n) is 3.29. The number of hydrogen-bond acceptors (Lipinski definition) is 3. The summed E-state index contributed by atoms with van der Waals surface area (Å²) in [5, 5.41) is 16.6. The van der Waals surface area contributed by atoms with Gasteiger partial charge in [0.15, 0.2) is 5.96 Å². The summed E-state index contributed by atoms with van der Waals surface area (Å²) in [6.07, 6.45) is 3.97. The quantitative estimate of drug-likeness (QED) is 0.306. The Bertz CT molecular complexity index is 536. The molecule has 0 spiro atoms. The van der Waals surface area contributed by atoms with E-state index in [9.17, 15) is 5.11 Å². The van der Waals surface area contributed by atoms with Crippen LogP contribution in [0.15, 0.2) is 29.3 Å². The van der Waals surface area contributed by atoms with E-state index < -0.39 is 0 Å². The zero-order valence-electron chi connectivity index (χ0n) is 16.2. The van der Waals surface area contributed by atoms with Crippen LogP contribution >= 0.6 is 24.0 Å². The molecule has 0 bridgehead atoms. The molecule has 26 heavy (non-hydrogen) atoms. The molecule has 0 aliphatic heterocycles. The first-order valence-corrected chi connectivity index (χ1v) is 9.48. The number of nitrogens with zero attached hydrogens (tertiary/aromatic N) is 1. The van der Waals surface area contributed by atoms with Crippen LogP contribution in [-0.4, -0.2) is 43.9 Å². The third-order valence-corrected chi connectivity index (χ3v) is 5.00. The Morgan fingerprint density at radius 2 is 2.00 bits per heavy atom. The Hall–Kier alpha value is -1.02. The van der Waals surface area contributed by atoms with Gasteiger partial charge in [-0.05, 0) is 49.8 Å². The first-order valence-electron chi connectivity index (χ1n) is 9.48. The van der Waals surface area contributed by atoms with Gasteiger partial charge in [0.05, 0.1) is 13.2 Å². The number of benzene rings is 1. The highest BCUT2D eigenvalue weighted by Crippen LogP contribution is 2.25. The molecule has 2 rings (SSSR count). The van der Waals surface area contributed by atoms with Crippen molar-refractivity contribution in [3.63, 3.8) is 0 Å². The van der Waals surface area contributed by atoms with Crippen LogP contribution in [0.2, 0.25) is 0 Å². The van der Waals surface area contributed by atoms with E-state index in [0.29, 0.717) is 18.4 Å². The SMILES string of the molecule is CCNC(=NCC1CCCC1O)NCCC(C)c1ccc(OC)cc1.I. The molecule has 6 heteroatoms. The molecule has 1 saturated carbocycles. The Kier molecular flexibility index (Phi) is 11.0. The average Bonchev–Trinajstić information content (AvgIpc) is 3.04. The number of guanidine groups is 1. The van der Waals surface area contributed by atoms with E-state index in [-0.39, 0.29) is 30.1 Å². The first-order chi connectivity index (χ1) is 12.1. The second kappa shape index (κ2) is 12.4. The Balaban J connectivity index is 0.00000338. The predicted molar refractivity (Wildman–Crippen MR) is 119 cm³/mol. The summed E-state index contributed by atoms with van der Waals surface area (Å²) in [6, 6.07) is 8.28. The minimum Gasteiger partial charge on any atom is -0.497 e. The topological polar surface area (TPSA) is 65.9 Å². The number of halogens is 1. The van der Waals surface area contributed by atoms with Crippen molar-refractivity contribution < 1.29 is 9.84 Å². The van der Waals surface area contributed by atoms with Gasteiger partial charge in [-0.15, -0.1) is 24.0 Å². The van der Waals surface area contributed by atoms with Gasteiger partial charge in [0.25, 0.3) is 0 Å². The molecule has 0 saturated heterocycles. The lowest BCUT2D eigenvalue weighted by atomic mass is 9.98. The van der Waals surface area contributed by atoms with Gasteiger partial charge >= 0.3 is 0 Å². The van der Waals surface area contributed by atoms with Gasteiger partial charge in [0.2, 0.25) is 0 Å². The van der Waals surface area contributed by atoms with Gasteiger partial charge < -0.3 is 20.5 Å². The number of rotatable bonds is 8. The Labute approximate surface area is 175 Å². The number of ether oxygens (including phenoxy) is 1. The largest absolute Gasteiger partial charge is 0.497 e. The summed E-state index contributed by atoms with van der Waals surface area (Å²) in [5.74, 6) is 2.53. The van der Waals surface area contributed by atoms with E-state index in [1.54, 1.807) is 7.11 Å². The van der Waals surface area contributed by atoms with E-state index >= 15 is 0 Å². The first kappa shape index (κ1) is 23.0. The standard InChI is InChI=1S/C20H33N3O2.HI/c1-4-21-20(23-14-17-6-5-7-19(17)24)22-13-12-15(2)16-8-10-18(25-3)11-9-16;/h8-11,15,17,19,24H,4-7,12-14H2,1-3H3,(H2,21,22,23);1H. The van der Waals surface area contributed by atoms with Crippen molar-refractivity contribution in [1.82, 2.24) is 10.6 Å². The summed E-state index contributed by atoms with van der Waals surface area (Å²) in [7, 11) is 1.69. The van der Waals surface area contributed by atoms with Crippen molar-refractivity contribution in [1.29, 1.82) is 0 Å². The summed E-state index contributed by atoms with van der Waals surface area (Å²) in [6.45, 7) is 6.72. The molecule has 1 aliphatic rings. The van der Waals surface area contributed by atoms with Gasteiger partial charge in [-0.2, -0.15) is 0 Å². The highest BCUT2D eigenvalue weighted by Gasteiger charge is 2.24. The van der Waals surface area contributed by atoms with Crippen LogP contribution in [0.3, 0.4) is 0 Å². The normalized spacial score (nSPS) is 21.0. The van der Waals surface area contributed by atoms with Crippen molar-refractivity contribution in [2.45, 2.75) is 51.6 Å². The molecule has 1 aromatic carbocycles. The van der Waals surface area contributed by atoms with E-state index in [1.165, 1.54) is 5.56 Å². The molecule has 1 aromatic rings. The molecule has 0 aromatic heterocycles. The molecule has 0 amide bonds. The highest BCUT2D eigenvalue weighted by molar-refractivity contribution is 14.0. The lowest BCUT2D eigenvalue weighted by Gasteiger charge is -2.17. The monoisotopic (exact) mass is 475 g/mol. The maximum atomic E-state index is 9.93. The van der Waals surface area contributed by atoms with Crippen molar-refractivity contribution in [3.8, 4) is 5.75 Å². The molecule has 0 radical (unpaired) electrons. The highest BCUT2D eigenvalue weighted by atomic mass is 127. The van der Waals surface area contributed by atoms with Crippen molar-refractivity contribution in [3.05, 3.63) is 29.8 Å². The molecule has 3 N–H and O–H groups in total. The van der Waals surface area contributed by atoms with Gasteiger partial charge in [0.1, 0.15) is 5.75 Å². The molecule has 1 aliphatic carbocycles. The van der Waals surface area contributed by atoms with Crippen LogP contribution in [0.5, 0.6) is 5.75 Å². The number of methoxy groups -OCH3 is 1. The zero-order chi connectivity index (χ0) is 18.1. The number of aliphatic imine (C=N–C) groups is 1. The summed E-state index contributed by atoms with van der Waals surface area (Å²) < 4.78 is 5.21. The third kappa shape index (κ3) is 7.31. The Morgan fingerprint density at radius 3 is 2.58 bits per heavy atom. The Morgan fingerprint density at radius 1 is 1.27 bits per heavy atom. The van der Waals surface area contributed by atoms with Crippen molar-refractivity contribution in [2.24, 2.45) is 10.9 Å². The fourth-order valence-corrected chi connectivity index (χ4v) is 3.29. The second-order valence-electron chi connectivity index (χ2n) is 6.87. The lowest BCUT2D eigenvalue weighted by molar-refractivity contribution is 0.136. The maximum Gasteiger partial charge on any atom is 0.191 e. The molecule has 3 unspecified atom stereocenters. The molecular formula is C20H34IN3O2. The lowest BCUT2D eigenvalue weighted by Crippen LogP contribution is -2.38. The number of aliphatic hydroxyl groups is 1. The minimum atomic E-state index is -0.179. The van der Waals surface area contributed by atoms with E-state index in [2.05, 4.69) is 41.6 Å². The zero-order valence-corrected chi connectivity index (χ0v) is 18.5.